The van der Waals surface area contributed by atoms with Gasteiger partial charge in [0.25, 0.3) is 0 Å². The molecule has 10 nitrogen and oxygen atoms in total. The predicted octanol–water partition coefficient (Wildman–Crippen LogP) is 1.11. The molecule has 190 valence electrons. The van der Waals surface area contributed by atoms with E-state index in [4.69, 9.17) is 23.7 Å². The van der Waals surface area contributed by atoms with Crippen molar-refractivity contribution in [3.63, 3.8) is 0 Å². The number of phenolic OH excluding ortho intramolecular Hbond substituents is 2. The quantitative estimate of drug-likeness (QED) is 0.369. The number of phenols is 2. The Morgan fingerprint density at radius 3 is 2.35 bits per heavy atom. The molecule has 6 atom stereocenters. The summed E-state index contributed by atoms with van der Waals surface area (Å²) in [5.41, 5.74) is 1.26. The van der Waals surface area contributed by atoms with Crippen LogP contribution in [-0.4, -0.2) is 89.0 Å². The molecular weight excluding hydrogens is 448 g/mol. The molecule has 0 amide bonds. The maximum atomic E-state index is 10.8. The summed E-state index contributed by atoms with van der Waals surface area (Å²) >= 11 is 0. The van der Waals surface area contributed by atoms with Crippen LogP contribution in [0.1, 0.15) is 37.7 Å². The Bertz CT molecular complexity index is 843. The van der Waals surface area contributed by atoms with Crippen LogP contribution in [0.4, 0.5) is 0 Å². The molecule has 0 saturated carbocycles. The molecule has 0 bridgehead atoms. The molecule has 10 heteroatoms. The second-order valence-corrected chi connectivity index (χ2v) is 8.90. The lowest BCUT2D eigenvalue weighted by molar-refractivity contribution is -0.168. The van der Waals surface area contributed by atoms with E-state index in [0.29, 0.717) is 56.6 Å². The highest BCUT2D eigenvalue weighted by Gasteiger charge is 2.38. The van der Waals surface area contributed by atoms with E-state index in [9.17, 15) is 25.5 Å². The molecule has 4 unspecified atom stereocenters. The predicted molar refractivity (Wildman–Crippen MR) is 118 cm³/mol. The number of aromatic hydroxyl groups is 2. The summed E-state index contributed by atoms with van der Waals surface area (Å²) < 4.78 is 28.7. The molecule has 0 radical (unpaired) electrons. The van der Waals surface area contributed by atoms with Crippen molar-refractivity contribution in [1.82, 2.24) is 0 Å². The number of aliphatic hydroxyl groups excluding tert-OH is 3. The van der Waals surface area contributed by atoms with Crippen molar-refractivity contribution >= 4 is 0 Å². The minimum absolute atomic E-state index is 0.0322. The first-order chi connectivity index (χ1) is 16.4. The van der Waals surface area contributed by atoms with Crippen LogP contribution < -0.4 is 4.74 Å². The summed E-state index contributed by atoms with van der Waals surface area (Å²) in [5.74, 6) is 0.0829. The summed E-state index contributed by atoms with van der Waals surface area (Å²) in [6, 6.07) is 2.64. The van der Waals surface area contributed by atoms with Crippen LogP contribution in [0.25, 0.3) is 0 Å². The molecule has 0 aromatic heterocycles. The number of rotatable bonds is 1. The molecule has 0 spiro atoms. The third kappa shape index (κ3) is 6.39. The number of fused-ring (bicyclic) bond motifs is 2. The van der Waals surface area contributed by atoms with Gasteiger partial charge < -0.3 is 49.2 Å². The van der Waals surface area contributed by atoms with Crippen molar-refractivity contribution < 1.29 is 49.2 Å². The Morgan fingerprint density at radius 2 is 1.56 bits per heavy atom. The number of hydrogen-bond acceptors (Lipinski definition) is 10. The smallest absolute Gasteiger partial charge is 0.178 e. The topological polar surface area (TPSA) is 147 Å². The summed E-state index contributed by atoms with van der Waals surface area (Å²) in [6.45, 7) is 0.997. The Hall–Kier alpha value is -1.92. The van der Waals surface area contributed by atoms with Gasteiger partial charge in [0, 0.05) is 50.2 Å². The summed E-state index contributed by atoms with van der Waals surface area (Å²) in [6.07, 6.45) is 0.385. The lowest BCUT2D eigenvalue weighted by Gasteiger charge is -2.38. The van der Waals surface area contributed by atoms with Crippen LogP contribution in [0.3, 0.4) is 0 Å². The zero-order valence-electron chi connectivity index (χ0n) is 19.0. The average Bonchev–Trinajstić information content (AvgIpc) is 2.80. The number of benzene rings is 1. The zero-order valence-corrected chi connectivity index (χ0v) is 19.0. The highest BCUT2D eigenvalue weighted by atomic mass is 16.6. The maximum Gasteiger partial charge on any atom is 0.178 e. The molecule has 1 aromatic rings. The monoisotopic (exact) mass is 482 g/mol. The van der Waals surface area contributed by atoms with Crippen LogP contribution in [0, 0.1) is 0 Å². The van der Waals surface area contributed by atoms with Gasteiger partial charge in [-0.3, -0.25) is 0 Å². The Morgan fingerprint density at radius 1 is 0.794 bits per heavy atom. The summed E-state index contributed by atoms with van der Waals surface area (Å²) in [4.78, 5) is 0. The van der Waals surface area contributed by atoms with Crippen LogP contribution >= 0.6 is 0 Å². The first kappa shape index (κ1) is 25.2. The van der Waals surface area contributed by atoms with E-state index < -0.39 is 30.9 Å². The van der Waals surface area contributed by atoms with Gasteiger partial charge in [-0.25, -0.2) is 0 Å². The van der Waals surface area contributed by atoms with Gasteiger partial charge in [-0.05, 0) is 24.8 Å². The first-order valence-corrected chi connectivity index (χ1v) is 11.8. The lowest BCUT2D eigenvalue weighted by atomic mass is 9.86. The largest absolute Gasteiger partial charge is 0.508 e. The van der Waals surface area contributed by atoms with Crippen LogP contribution in [0.15, 0.2) is 23.8 Å². The third-order valence-electron chi connectivity index (χ3n) is 6.32. The fraction of sp³-hybridized carbons (Fsp3) is 0.667. The molecular formula is C24H34O10. The molecule has 1 aliphatic carbocycles. The minimum atomic E-state index is -1.08. The fourth-order valence-corrected chi connectivity index (χ4v) is 4.52. The van der Waals surface area contributed by atoms with E-state index in [1.807, 2.05) is 6.08 Å². The van der Waals surface area contributed by atoms with Gasteiger partial charge in [0.1, 0.15) is 23.4 Å². The van der Waals surface area contributed by atoms with Crippen molar-refractivity contribution in [1.29, 1.82) is 0 Å². The molecule has 4 rings (SSSR count). The standard InChI is InChI=1S/C24H34O10/c25-15-10-17(26)16-12-18(27)24(34-20(16)11-15)14-3-4-19-21(9-14)33-13-23(29)32-7-2-1-6-31-22(28)5-8-30-19/h3,10-11,18-19,21-29H,1-2,4-9,12-13H2/t18-,19?,21?,22?,23?,24+/m1/s1. The van der Waals surface area contributed by atoms with Crippen LogP contribution in [-0.2, 0) is 25.4 Å². The molecule has 2 heterocycles. The van der Waals surface area contributed by atoms with Gasteiger partial charge in [-0.1, -0.05) is 6.08 Å². The number of hydrogen-bond donors (Lipinski definition) is 5. The van der Waals surface area contributed by atoms with E-state index in [-0.39, 0.29) is 37.2 Å². The molecule has 3 aliphatic rings. The summed E-state index contributed by atoms with van der Waals surface area (Å²) in [5, 5.41) is 50.8. The molecule has 1 saturated heterocycles. The molecule has 1 aromatic carbocycles. The maximum absolute atomic E-state index is 10.8. The third-order valence-corrected chi connectivity index (χ3v) is 6.32. The van der Waals surface area contributed by atoms with Crippen molar-refractivity contribution in [3.05, 3.63) is 29.3 Å². The van der Waals surface area contributed by atoms with Gasteiger partial charge in [-0.15, -0.1) is 0 Å². The lowest BCUT2D eigenvalue weighted by Crippen LogP contribution is -2.44. The van der Waals surface area contributed by atoms with Crippen molar-refractivity contribution in [2.24, 2.45) is 0 Å². The highest BCUT2D eigenvalue weighted by molar-refractivity contribution is 5.51. The van der Waals surface area contributed by atoms with E-state index >= 15 is 0 Å². The van der Waals surface area contributed by atoms with Crippen molar-refractivity contribution in [2.75, 3.05) is 26.4 Å². The van der Waals surface area contributed by atoms with E-state index in [2.05, 4.69) is 0 Å². The van der Waals surface area contributed by atoms with Crippen LogP contribution in [0.2, 0.25) is 0 Å². The van der Waals surface area contributed by atoms with E-state index in [0.717, 1.165) is 5.57 Å². The van der Waals surface area contributed by atoms with Crippen LogP contribution in [0.5, 0.6) is 17.2 Å². The second-order valence-electron chi connectivity index (χ2n) is 8.90. The van der Waals surface area contributed by atoms with Gasteiger partial charge in [0.2, 0.25) is 0 Å². The number of ether oxygens (including phenoxy) is 5. The van der Waals surface area contributed by atoms with E-state index in [1.54, 1.807) is 0 Å². The second kappa shape index (κ2) is 11.7. The highest BCUT2D eigenvalue weighted by Crippen LogP contribution is 2.40. The fourth-order valence-electron chi connectivity index (χ4n) is 4.52. The summed E-state index contributed by atoms with van der Waals surface area (Å²) in [7, 11) is 0. The van der Waals surface area contributed by atoms with Crippen molar-refractivity contribution in [3.8, 4) is 17.2 Å². The van der Waals surface area contributed by atoms with Gasteiger partial charge in [-0.2, -0.15) is 0 Å². The first-order valence-electron chi connectivity index (χ1n) is 11.8. The molecule has 2 aliphatic heterocycles. The van der Waals surface area contributed by atoms with Gasteiger partial charge >= 0.3 is 0 Å². The molecule has 34 heavy (non-hydrogen) atoms. The van der Waals surface area contributed by atoms with Gasteiger partial charge in [0.15, 0.2) is 12.6 Å². The SMILES string of the molecule is Oc1cc(O)c2c(c1)O[C@@H](C1=CCC3OCCC(O)OCCCCOC(O)COC3C1)[C@H](O)C2. The zero-order chi connectivity index (χ0) is 24.1. The average molecular weight is 483 g/mol. The van der Waals surface area contributed by atoms with Crippen molar-refractivity contribution in [2.45, 2.75) is 75.5 Å². The Balaban J connectivity index is 1.46. The normalized spacial score (nSPS) is 33.9. The Kier molecular flexibility index (Phi) is 8.65. The van der Waals surface area contributed by atoms with Gasteiger partial charge in [0.05, 0.1) is 31.5 Å². The minimum Gasteiger partial charge on any atom is -0.508 e. The Labute approximate surface area is 198 Å². The molecule has 5 N–H and O–H groups in total. The molecule has 1 fully saturated rings. The van der Waals surface area contributed by atoms with E-state index in [1.165, 1.54) is 12.1 Å². The number of aliphatic hydroxyl groups is 3.